The number of cyclic esters (lactones) is 1. The minimum absolute atomic E-state index is 0.147. The fourth-order valence-electron chi connectivity index (χ4n) is 2.35. The average Bonchev–Trinajstić information content (AvgIpc) is 3.14. The zero-order valence-electron chi connectivity index (χ0n) is 12.1. The molecular weight excluding hydrogens is 353 g/mol. The molecule has 0 radical (unpaired) electrons. The number of carbonyl (C=O) groups is 1. The number of ether oxygens (including phenoxy) is 3. The molecule has 0 saturated heterocycles. The Balaban J connectivity index is 1.68. The number of fused-ring (bicyclic) bond motifs is 1. The molecular formula is C17H9Cl2NO4. The number of aliphatic imine (C=N–C) groups is 1. The first-order valence-corrected chi connectivity index (χ1v) is 7.73. The van der Waals surface area contributed by atoms with Gasteiger partial charge in [-0.25, -0.2) is 9.79 Å². The summed E-state index contributed by atoms with van der Waals surface area (Å²) < 4.78 is 15.8. The van der Waals surface area contributed by atoms with Crippen molar-refractivity contribution >= 4 is 41.1 Å². The number of hydrogen-bond donors (Lipinski definition) is 0. The molecule has 2 heterocycles. The van der Waals surface area contributed by atoms with E-state index >= 15 is 0 Å². The van der Waals surface area contributed by atoms with Crippen LogP contribution in [0.1, 0.15) is 11.1 Å². The van der Waals surface area contributed by atoms with Crippen molar-refractivity contribution in [3.63, 3.8) is 0 Å². The van der Waals surface area contributed by atoms with Crippen molar-refractivity contribution in [2.75, 3.05) is 6.79 Å². The first-order valence-electron chi connectivity index (χ1n) is 6.98. The zero-order chi connectivity index (χ0) is 16.7. The highest BCUT2D eigenvalue weighted by molar-refractivity contribution is 6.37. The van der Waals surface area contributed by atoms with Gasteiger partial charge in [0.2, 0.25) is 12.7 Å². The minimum atomic E-state index is -0.548. The molecule has 0 fully saturated rings. The monoisotopic (exact) mass is 361 g/mol. The topological polar surface area (TPSA) is 57.1 Å². The molecule has 24 heavy (non-hydrogen) atoms. The van der Waals surface area contributed by atoms with Gasteiger partial charge in [-0.1, -0.05) is 29.3 Å². The van der Waals surface area contributed by atoms with Crippen molar-refractivity contribution in [1.29, 1.82) is 0 Å². The van der Waals surface area contributed by atoms with Crippen LogP contribution in [-0.4, -0.2) is 18.7 Å². The molecule has 2 aromatic rings. The van der Waals surface area contributed by atoms with E-state index in [1.165, 1.54) is 0 Å². The molecule has 5 nitrogen and oxygen atoms in total. The van der Waals surface area contributed by atoms with E-state index in [4.69, 9.17) is 37.4 Å². The third-order valence-corrected chi connectivity index (χ3v) is 4.03. The van der Waals surface area contributed by atoms with Gasteiger partial charge in [0.1, 0.15) is 0 Å². The second kappa shape index (κ2) is 5.85. The van der Waals surface area contributed by atoms with Crippen molar-refractivity contribution in [3.05, 3.63) is 63.3 Å². The number of halogens is 2. The molecule has 0 aliphatic carbocycles. The summed E-state index contributed by atoms with van der Waals surface area (Å²) in [5.41, 5.74) is 1.43. The van der Waals surface area contributed by atoms with Crippen LogP contribution in [0.5, 0.6) is 11.5 Å². The van der Waals surface area contributed by atoms with E-state index in [0.717, 1.165) is 5.56 Å². The number of esters is 1. The summed E-state index contributed by atoms with van der Waals surface area (Å²) in [7, 11) is 0. The van der Waals surface area contributed by atoms with Crippen LogP contribution in [-0.2, 0) is 9.53 Å². The van der Waals surface area contributed by atoms with E-state index < -0.39 is 5.97 Å². The van der Waals surface area contributed by atoms with Gasteiger partial charge in [0.05, 0.1) is 10.6 Å². The minimum Gasteiger partial charge on any atom is -0.454 e. The lowest BCUT2D eigenvalue weighted by Gasteiger charge is -2.02. The van der Waals surface area contributed by atoms with E-state index in [0.29, 0.717) is 27.1 Å². The first kappa shape index (κ1) is 15.1. The predicted molar refractivity (Wildman–Crippen MR) is 89.6 cm³/mol. The van der Waals surface area contributed by atoms with E-state index in [-0.39, 0.29) is 18.4 Å². The summed E-state index contributed by atoms with van der Waals surface area (Å²) in [4.78, 5) is 16.3. The molecule has 4 rings (SSSR count). The lowest BCUT2D eigenvalue weighted by atomic mass is 10.1. The van der Waals surface area contributed by atoms with Crippen LogP contribution in [0.3, 0.4) is 0 Å². The molecule has 2 aliphatic heterocycles. The van der Waals surface area contributed by atoms with Crippen molar-refractivity contribution in [2.45, 2.75) is 0 Å². The van der Waals surface area contributed by atoms with E-state index in [2.05, 4.69) is 4.99 Å². The van der Waals surface area contributed by atoms with Gasteiger partial charge in [-0.05, 0) is 42.0 Å². The van der Waals surface area contributed by atoms with Gasteiger partial charge >= 0.3 is 5.97 Å². The van der Waals surface area contributed by atoms with Gasteiger partial charge in [0.25, 0.3) is 0 Å². The third kappa shape index (κ3) is 2.72. The van der Waals surface area contributed by atoms with Crippen LogP contribution in [0.2, 0.25) is 10.0 Å². The quantitative estimate of drug-likeness (QED) is 0.597. The summed E-state index contributed by atoms with van der Waals surface area (Å²) in [6, 6.07) is 10.2. The van der Waals surface area contributed by atoms with E-state index in [1.807, 2.05) is 0 Å². The second-order valence-electron chi connectivity index (χ2n) is 5.07. The lowest BCUT2D eigenvalue weighted by Crippen LogP contribution is -2.05. The summed E-state index contributed by atoms with van der Waals surface area (Å²) in [6.45, 7) is 0.189. The molecule has 7 heteroatoms. The van der Waals surface area contributed by atoms with Crippen molar-refractivity contribution in [1.82, 2.24) is 0 Å². The smallest absolute Gasteiger partial charge is 0.363 e. The molecule has 0 N–H and O–H groups in total. The molecule has 0 unspecified atom stereocenters. The predicted octanol–water partition coefficient (Wildman–Crippen LogP) is 4.07. The SMILES string of the molecule is O=C1OC(c2ccc(Cl)cc2Cl)=N/C1=C\c1ccc2c(c1)OCO2. The van der Waals surface area contributed by atoms with Gasteiger partial charge in [0.15, 0.2) is 17.2 Å². The first-order chi connectivity index (χ1) is 11.6. The molecule has 0 aromatic heterocycles. The molecule has 2 aliphatic rings. The number of benzene rings is 2. The van der Waals surface area contributed by atoms with Gasteiger partial charge < -0.3 is 14.2 Å². The molecule has 0 amide bonds. The zero-order valence-corrected chi connectivity index (χ0v) is 13.6. The molecule has 0 atom stereocenters. The Morgan fingerprint density at radius 2 is 1.88 bits per heavy atom. The van der Waals surface area contributed by atoms with Crippen LogP contribution in [0, 0.1) is 0 Å². The highest BCUT2D eigenvalue weighted by Crippen LogP contribution is 2.33. The Hall–Kier alpha value is -2.50. The molecule has 0 bridgehead atoms. The van der Waals surface area contributed by atoms with E-state index in [1.54, 1.807) is 42.5 Å². The molecule has 0 spiro atoms. The lowest BCUT2D eigenvalue weighted by molar-refractivity contribution is -0.129. The maximum Gasteiger partial charge on any atom is 0.363 e. The fraction of sp³-hybridized carbons (Fsp3) is 0.0588. The van der Waals surface area contributed by atoms with Crippen LogP contribution in [0.25, 0.3) is 6.08 Å². The highest BCUT2D eigenvalue weighted by Gasteiger charge is 2.26. The summed E-state index contributed by atoms with van der Waals surface area (Å²) >= 11 is 12.0. The van der Waals surface area contributed by atoms with Crippen molar-refractivity contribution < 1.29 is 19.0 Å². The summed E-state index contributed by atoms with van der Waals surface area (Å²) in [6.07, 6.45) is 1.61. The second-order valence-corrected chi connectivity index (χ2v) is 5.92. The Labute approximate surface area is 147 Å². The Bertz CT molecular complexity index is 921. The average molecular weight is 362 g/mol. The Morgan fingerprint density at radius 1 is 1.04 bits per heavy atom. The Kier molecular flexibility index (Phi) is 3.67. The van der Waals surface area contributed by atoms with Crippen LogP contribution < -0.4 is 9.47 Å². The Morgan fingerprint density at radius 3 is 2.71 bits per heavy atom. The van der Waals surface area contributed by atoms with Crippen molar-refractivity contribution in [3.8, 4) is 11.5 Å². The summed E-state index contributed by atoms with van der Waals surface area (Å²) in [5.74, 6) is 0.895. The van der Waals surface area contributed by atoms with Crippen LogP contribution in [0.15, 0.2) is 47.1 Å². The number of nitrogens with zero attached hydrogens (tertiary/aromatic N) is 1. The highest BCUT2D eigenvalue weighted by atomic mass is 35.5. The number of hydrogen-bond acceptors (Lipinski definition) is 5. The van der Waals surface area contributed by atoms with Gasteiger partial charge in [-0.15, -0.1) is 0 Å². The maximum atomic E-state index is 12.0. The number of rotatable bonds is 2. The molecule has 2 aromatic carbocycles. The van der Waals surface area contributed by atoms with Crippen LogP contribution >= 0.6 is 23.2 Å². The van der Waals surface area contributed by atoms with Gasteiger partial charge in [-0.2, -0.15) is 0 Å². The maximum absolute atomic E-state index is 12.0. The van der Waals surface area contributed by atoms with Crippen LogP contribution in [0.4, 0.5) is 0 Å². The normalized spacial score (nSPS) is 17.2. The fourth-order valence-corrected chi connectivity index (χ4v) is 2.84. The summed E-state index contributed by atoms with van der Waals surface area (Å²) in [5, 5.41) is 0.850. The molecule has 0 saturated carbocycles. The van der Waals surface area contributed by atoms with Gasteiger partial charge in [-0.3, -0.25) is 0 Å². The van der Waals surface area contributed by atoms with Crippen molar-refractivity contribution in [2.24, 2.45) is 4.99 Å². The largest absolute Gasteiger partial charge is 0.454 e. The van der Waals surface area contributed by atoms with E-state index in [9.17, 15) is 4.79 Å². The number of carbonyl (C=O) groups excluding carboxylic acids is 1. The molecule has 120 valence electrons. The third-order valence-electron chi connectivity index (χ3n) is 3.48. The standard InChI is InChI=1S/C17H9Cl2NO4/c18-10-2-3-11(12(19)7-10)16-20-13(17(21)24-16)5-9-1-4-14-15(6-9)23-8-22-14/h1-7H,8H2/b13-5-. The van der Waals surface area contributed by atoms with Gasteiger partial charge in [0, 0.05) is 5.02 Å².